The molecule has 0 radical (unpaired) electrons. The molecule has 1 aromatic rings. The molecule has 0 saturated carbocycles. The van der Waals surface area contributed by atoms with E-state index >= 15 is 0 Å². The number of pyridine rings is 1. The lowest BCUT2D eigenvalue weighted by Gasteiger charge is -2.10. The van der Waals surface area contributed by atoms with Gasteiger partial charge < -0.3 is 10.2 Å². The third kappa shape index (κ3) is 6.02. The van der Waals surface area contributed by atoms with Crippen molar-refractivity contribution >= 4 is 5.91 Å². The van der Waals surface area contributed by atoms with Gasteiger partial charge in [-0.15, -0.1) is 0 Å². The second kappa shape index (κ2) is 7.79. The fourth-order valence-electron chi connectivity index (χ4n) is 1.49. The highest BCUT2D eigenvalue weighted by atomic mass is 16.2. The van der Waals surface area contributed by atoms with Crippen molar-refractivity contribution in [2.24, 2.45) is 0 Å². The molecule has 0 aliphatic carbocycles. The van der Waals surface area contributed by atoms with Gasteiger partial charge >= 0.3 is 0 Å². The van der Waals surface area contributed by atoms with E-state index in [1.807, 2.05) is 12.3 Å². The Labute approximate surface area is 103 Å². The number of hydrogen-bond donors (Lipinski definition) is 1. The van der Waals surface area contributed by atoms with Gasteiger partial charge in [0.15, 0.2) is 0 Å². The molecule has 0 spiro atoms. The summed E-state index contributed by atoms with van der Waals surface area (Å²) in [5.41, 5.74) is 1.24. The number of carbonyl (C=O) groups excluding carboxylic acids is 1. The summed E-state index contributed by atoms with van der Waals surface area (Å²) < 4.78 is 0. The summed E-state index contributed by atoms with van der Waals surface area (Å²) in [6, 6.07) is 4.02. The molecule has 0 bridgehead atoms. The van der Waals surface area contributed by atoms with Crippen molar-refractivity contribution in [2.45, 2.75) is 19.3 Å². The van der Waals surface area contributed by atoms with Gasteiger partial charge in [0.25, 0.3) is 0 Å². The van der Waals surface area contributed by atoms with Gasteiger partial charge in [-0.3, -0.25) is 9.78 Å². The molecule has 1 amide bonds. The highest BCUT2D eigenvalue weighted by Crippen LogP contribution is 1.96. The number of rotatable bonds is 7. The molecule has 0 unspecified atom stereocenters. The molecule has 1 aromatic heterocycles. The second-order valence-electron chi connectivity index (χ2n) is 4.25. The molecule has 17 heavy (non-hydrogen) atoms. The second-order valence-corrected chi connectivity index (χ2v) is 4.25. The third-order valence-electron chi connectivity index (χ3n) is 2.56. The quantitative estimate of drug-likeness (QED) is 0.719. The maximum Gasteiger partial charge on any atom is 0.222 e. The van der Waals surface area contributed by atoms with Crippen molar-refractivity contribution in [1.29, 1.82) is 0 Å². The molecule has 1 N–H and O–H groups in total. The van der Waals surface area contributed by atoms with Crippen LogP contribution in [0.2, 0.25) is 0 Å². The van der Waals surface area contributed by atoms with Gasteiger partial charge in [0.1, 0.15) is 0 Å². The largest absolute Gasteiger partial charge is 0.349 e. The summed E-state index contributed by atoms with van der Waals surface area (Å²) in [6.45, 7) is 1.82. The maximum absolute atomic E-state index is 11.3. The lowest BCUT2D eigenvalue weighted by molar-refractivity contribution is -0.128. The minimum atomic E-state index is 0.194. The lowest BCUT2D eigenvalue weighted by Crippen LogP contribution is -2.24. The van der Waals surface area contributed by atoms with Crippen LogP contribution in [0.3, 0.4) is 0 Å². The zero-order chi connectivity index (χ0) is 12.5. The van der Waals surface area contributed by atoms with E-state index in [-0.39, 0.29) is 5.91 Å². The van der Waals surface area contributed by atoms with Crippen LogP contribution in [0.15, 0.2) is 24.5 Å². The molecule has 1 heterocycles. The van der Waals surface area contributed by atoms with E-state index in [4.69, 9.17) is 0 Å². The Morgan fingerprint density at radius 1 is 1.41 bits per heavy atom. The van der Waals surface area contributed by atoms with Crippen LogP contribution in [0.25, 0.3) is 0 Å². The highest BCUT2D eigenvalue weighted by molar-refractivity contribution is 5.75. The van der Waals surface area contributed by atoms with Gasteiger partial charge in [-0.1, -0.05) is 6.07 Å². The molecule has 0 atom stereocenters. The van der Waals surface area contributed by atoms with E-state index < -0.39 is 0 Å². The molecule has 94 valence electrons. The predicted octanol–water partition coefficient (Wildman–Crippen LogP) is 1.08. The van der Waals surface area contributed by atoms with Crippen LogP contribution >= 0.6 is 0 Å². The van der Waals surface area contributed by atoms with Gasteiger partial charge in [-0.25, -0.2) is 0 Å². The van der Waals surface area contributed by atoms with E-state index in [0.717, 1.165) is 25.9 Å². The summed E-state index contributed by atoms with van der Waals surface area (Å²) in [5.74, 6) is 0.194. The molecule has 0 aromatic carbocycles. The first-order chi connectivity index (χ1) is 8.20. The molecule has 0 aliphatic rings. The predicted molar refractivity (Wildman–Crippen MR) is 68.7 cm³/mol. The molecular formula is C13H21N3O. The zero-order valence-corrected chi connectivity index (χ0v) is 10.6. The first-order valence-electron chi connectivity index (χ1n) is 6.00. The Bertz CT molecular complexity index is 325. The average Bonchev–Trinajstić information content (AvgIpc) is 2.34. The van der Waals surface area contributed by atoms with Gasteiger partial charge in [-0.2, -0.15) is 0 Å². The SMILES string of the molecule is CN(C)C(=O)CCCNCCc1cccnc1. The van der Waals surface area contributed by atoms with Gasteiger partial charge in [0.05, 0.1) is 0 Å². The molecule has 4 nitrogen and oxygen atoms in total. The first kappa shape index (κ1) is 13.6. The Morgan fingerprint density at radius 2 is 2.24 bits per heavy atom. The van der Waals surface area contributed by atoms with E-state index in [9.17, 15) is 4.79 Å². The minimum absolute atomic E-state index is 0.194. The Kier molecular flexibility index (Phi) is 6.25. The fourth-order valence-corrected chi connectivity index (χ4v) is 1.49. The smallest absolute Gasteiger partial charge is 0.222 e. The lowest BCUT2D eigenvalue weighted by atomic mass is 10.2. The van der Waals surface area contributed by atoms with Crippen LogP contribution in [-0.2, 0) is 11.2 Å². The van der Waals surface area contributed by atoms with Gasteiger partial charge in [0, 0.05) is 32.9 Å². The summed E-state index contributed by atoms with van der Waals surface area (Å²) in [4.78, 5) is 17.0. The highest BCUT2D eigenvalue weighted by Gasteiger charge is 2.02. The number of aromatic nitrogens is 1. The molecule has 4 heteroatoms. The molecular weight excluding hydrogens is 214 g/mol. The van der Waals surface area contributed by atoms with E-state index in [2.05, 4.69) is 16.4 Å². The number of amides is 1. The van der Waals surface area contributed by atoms with Crippen molar-refractivity contribution in [3.8, 4) is 0 Å². The number of hydrogen-bond acceptors (Lipinski definition) is 3. The van der Waals surface area contributed by atoms with Crippen molar-refractivity contribution < 1.29 is 4.79 Å². The van der Waals surface area contributed by atoms with Crippen molar-refractivity contribution in [1.82, 2.24) is 15.2 Å². The fraction of sp³-hybridized carbons (Fsp3) is 0.538. The Balaban J connectivity index is 2.00. The number of nitrogens with one attached hydrogen (secondary N) is 1. The Hall–Kier alpha value is -1.42. The van der Waals surface area contributed by atoms with E-state index in [1.54, 1.807) is 25.2 Å². The van der Waals surface area contributed by atoms with Crippen molar-refractivity contribution in [2.75, 3.05) is 27.2 Å². The first-order valence-corrected chi connectivity index (χ1v) is 6.00. The Morgan fingerprint density at radius 3 is 2.88 bits per heavy atom. The van der Waals surface area contributed by atoms with E-state index in [1.165, 1.54) is 5.56 Å². The van der Waals surface area contributed by atoms with E-state index in [0.29, 0.717) is 6.42 Å². The zero-order valence-electron chi connectivity index (χ0n) is 10.6. The average molecular weight is 235 g/mol. The normalized spacial score (nSPS) is 10.2. The van der Waals surface area contributed by atoms with Crippen LogP contribution in [-0.4, -0.2) is 43.0 Å². The third-order valence-corrected chi connectivity index (χ3v) is 2.56. The standard InChI is InChI=1S/C13H21N3O/c1-16(2)13(17)6-4-8-14-10-7-12-5-3-9-15-11-12/h3,5,9,11,14H,4,6-8,10H2,1-2H3. The summed E-state index contributed by atoms with van der Waals surface area (Å²) in [6.07, 6.45) is 6.16. The van der Waals surface area contributed by atoms with Crippen molar-refractivity contribution in [3.63, 3.8) is 0 Å². The van der Waals surface area contributed by atoms with Crippen LogP contribution in [0.5, 0.6) is 0 Å². The summed E-state index contributed by atoms with van der Waals surface area (Å²) in [7, 11) is 3.58. The van der Waals surface area contributed by atoms with Crippen LogP contribution in [0.1, 0.15) is 18.4 Å². The topological polar surface area (TPSA) is 45.2 Å². The van der Waals surface area contributed by atoms with Gasteiger partial charge in [-0.05, 0) is 37.6 Å². The summed E-state index contributed by atoms with van der Waals surface area (Å²) in [5, 5.41) is 3.33. The van der Waals surface area contributed by atoms with Gasteiger partial charge in [0.2, 0.25) is 5.91 Å². The molecule has 0 fully saturated rings. The molecule has 0 saturated heterocycles. The summed E-state index contributed by atoms with van der Waals surface area (Å²) >= 11 is 0. The van der Waals surface area contributed by atoms with Crippen LogP contribution in [0, 0.1) is 0 Å². The minimum Gasteiger partial charge on any atom is -0.349 e. The molecule has 0 aliphatic heterocycles. The van der Waals surface area contributed by atoms with Crippen molar-refractivity contribution in [3.05, 3.63) is 30.1 Å². The number of carbonyl (C=O) groups is 1. The number of nitrogens with zero attached hydrogens (tertiary/aromatic N) is 2. The molecule has 1 rings (SSSR count). The maximum atomic E-state index is 11.3. The van der Waals surface area contributed by atoms with Crippen LogP contribution in [0.4, 0.5) is 0 Å². The van der Waals surface area contributed by atoms with Crippen LogP contribution < -0.4 is 5.32 Å². The monoisotopic (exact) mass is 235 g/mol.